The molecule has 0 unspecified atom stereocenters. The van der Waals surface area contributed by atoms with Crippen LogP contribution in [0.1, 0.15) is 25.0 Å². The number of aromatic nitrogens is 1. The summed E-state index contributed by atoms with van der Waals surface area (Å²) in [7, 11) is 0. The van der Waals surface area contributed by atoms with Crippen molar-refractivity contribution in [3.05, 3.63) is 175 Å². The average Bonchev–Trinajstić information content (AvgIpc) is 4.01. The maximum Gasteiger partial charge on any atom is 0.333 e. The van der Waals surface area contributed by atoms with Gasteiger partial charge in [0, 0.05) is 95.6 Å². The van der Waals surface area contributed by atoms with Gasteiger partial charge in [0.2, 0.25) is 0 Å². The van der Waals surface area contributed by atoms with Gasteiger partial charge < -0.3 is 9.38 Å². The maximum absolute atomic E-state index is 2.76. The number of benzene rings is 9. The summed E-state index contributed by atoms with van der Waals surface area (Å²) in [5.74, 6) is 0. The van der Waals surface area contributed by atoms with E-state index in [1.54, 1.807) is 0 Å². The van der Waals surface area contributed by atoms with Gasteiger partial charge in [-0.15, -0.1) is 22.7 Å². The molecule has 3 aromatic heterocycles. The Bertz CT molecular complexity index is 3960. The van der Waals surface area contributed by atoms with Crippen LogP contribution in [0, 0.1) is 0 Å². The highest BCUT2D eigenvalue weighted by molar-refractivity contribution is 7.26. The van der Waals surface area contributed by atoms with Crippen LogP contribution in [0.2, 0.25) is 0 Å². The van der Waals surface area contributed by atoms with Gasteiger partial charge in [-0.3, -0.25) is 0 Å². The van der Waals surface area contributed by atoms with Crippen molar-refractivity contribution < 1.29 is 0 Å². The number of hydrogen-bond donors (Lipinski definition) is 0. The molecule has 5 heteroatoms. The van der Waals surface area contributed by atoms with Gasteiger partial charge in [-0.05, 0) is 92.7 Å². The third-order valence-corrected chi connectivity index (χ3v) is 16.6. The van der Waals surface area contributed by atoms with Crippen molar-refractivity contribution >= 4 is 130 Å². The van der Waals surface area contributed by atoms with Crippen molar-refractivity contribution in [1.29, 1.82) is 0 Å². The predicted octanol–water partition coefficient (Wildman–Crippen LogP) is 14.4. The van der Waals surface area contributed by atoms with Gasteiger partial charge in [0.1, 0.15) is 0 Å². The average molecular weight is 797 g/mol. The Labute approximate surface area is 354 Å². The molecule has 15 rings (SSSR count). The summed E-state index contributed by atoms with van der Waals surface area (Å²) in [5, 5.41) is 10.5. The second-order valence-electron chi connectivity index (χ2n) is 17.6. The van der Waals surface area contributed by atoms with E-state index in [0.29, 0.717) is 0 Å². The van der Waals surface area contributed by atoms with Gasteiger partial charge in [0.05, 0.1) is 0 Å². The first-order chi connectivity index (χ1) is 29.5. The van der Waals surface area contributed by atoms with E-state index in [-0.39, 0.29) is 12.3 Å². The number of nitrogens with zero attached hydrogens (tertiary/aromatic N) is 2. The zero-order chi connectivity index (χ0) is 39.2. The van der Waals surface area contributed by atoms with Crippen molar-refractivity contribution in [1.82, 2.24) is 4.48 Å². The molecule has 1 aliphatic carbocycles. The highest BCUT2D eigenvalue weighted by atomic mass is 32.1. The van der Waals surface area contributed by atoms with Gasteiger partial charge in [-0.2, -0.15) is 0 Å². The molecule has 2 nitrogen and oxygen atoms in total. The molecule has 0 N–H and O–H groups in total. The number of thiophene rings is 2. The first kappa shape index (κ1) is 32.2. The quantitative estimate of drug-likeness (QED) is 0.150. The fourth-order valence-corrected chi connectivity index (χ4v) is 14.1. The minimum absolute atomic E-state index is 0.0490. The van der Waals surface area contributed by atoms with E-state index in [0.717, 1.165) is 0 Å². The lowest BCUT2D eigenvalue weighted by Crippen LogP contribution is -2.57. The summed E-state index contributed by atoms with van der Waals surface area (Å²) in [4.78, 5) is 2.70. The third-order valence-electron chi connectivity index (χ3n) is 14.3. The summed E-state index contributed by atoms with van der Waals surface area (Å²) in [6.45, 7) is 4.87. The van der Waals surface area contributed by atoms with Crippen molar-refractivity contribution in [2.75, 3.05) is 4.90 Å². The van der Waals surface area contributed by atoms with Crippen molar-refractivity contribution in [2.24, 2.45) is 0 Å². The molecule has 9 aromatic carbocycles. The molecular weight excluding hydrogens is 764 g/mol. The fourth-order valence-electron chi connectivity index (χ4n) is 11.9. The molecule has 0 radical (unpaired) electrons. The summed E-state index contributed by atoms with van der Waals surface area (Å²) < 4.78 is 8.09. The SMILES string of the molecule is CC1(C)c2ccccc2-c2cc3c4c(c21)N(c1ccc2sc5ccccc5c2c1)c1cc2c(cc1B4n1c4c-3cccc4c3ccc4ccccc4c31)sc1ccccc12. The van der Waals surface area contributed by atoms with Crippen molar-refractivity contribution in [3.8, 4) is 22.3 Å². The van der Waals surface area contributed by atoms with Crippen LogP contribution in [-0.4, -0.2) is 11.3 Å². The highest BCUT2D eigenvalue weighted by Crippen LogP contribution is 2.58. The molecule has 3 aliphatic rings. The Morgan fingerprint density at radius 3 is 1.98 bits per heavy atom. The lowest BCUT2D eigenvalue weighted by atomic mass is 9.44. The van der Waals surface area contributed by atoms with Crippen molar-refractivity contribution in [2.45, 2.75) is 19.3 Å². The van der Waals surface area contributed by atoms with Gasteiger partial charge >= 0.3 is 6.85 Å². The van der Waals surface area contributed by atoms with Crippen molar-refractivity contribution in [3.63, 3.8) is 0 Å². The van der Waals surface area contributed by atoms with Crippen LogP contribution in [0.25, 0.3) is 95.2 Å². The Hall–Kier alpha value is -6.66. The minimum Gasteiger partial charge on any atom is -0.375 e. The minimum atomic E-state index is -0.243. The lowest BCUT2D eigenvalue weighted by molar-refractivity contribution is 0.661. The molecule has 5 heterocycles. The third kappa shape index (κ3) is 3.79. The van der Waals surface area contributed by atoms with Crippen LogP contribution < -0.4 is 15.8 Å². The van der Waals surface area contributed by atoms with Crippen LogP contribution in [-0.2, 0) is 5.41 Å². The van der Waals surface area contributed by atoms with Gasteiger partial charge in [0.15, 0.2) is 0 Å². The molecule has 0 spiro atoms. The summed E-state index contributed by atoms with van der Waals surface area (Å²) in [6.07, 6.45) is 0. The molecule has 0 saturated heterocycles. The first-order valence-corrected chi connectivity index (χ1v) is 22.6. The van der Waals surface area contributed by atoms with E-state index in [1.165, 1.54) is 134 Å². The largest absolute Gasteiger partial charge is 0.375 e. The van der Waals surface area contributed by atoms with Crippen LogP contribution in [0.15, 0.2) is 164 Å². The van der Waals surface area contributed by atoms with Crippen LogP contribution in [0.5, 0.6) is 0 Å². The maximum atomic E-state index is 2.76. The van der Waals surface area contributed by atoms with Crippen LogP contribution in [0.3, 0.4) is 0 Å². The molecule has 60 heavy (non-hydrogen) atoms. The molecular formula is C55H33BN2S2. The summed E-state index contributed by atoms with van der Waals surface area (Å²) >= 11 is 3.82. The van der Waals surface area contributed by atoms with E-state index >= 15 is 0 Å². The van der Waals surface area contributed by atoms with Gasteiger partial charge in [0.25, 0.3) is 0 Å². The first-order valence-electron chi connectivity index (χ1n) is 21.0. The smallest absolute Gasteiger partial charge is 0.333 e. The molecule has 12 aromatic rings. The second kappa shape index (κ2) is 10.9. The van der Waals surface area contributed by atoms with Gasteiger partial charge in [-0.25, -0.2) is 0 Å². The van der Waals surface area contributed by atoms with E-state index in [9.17, 15) is 0 Å². The normalized spacial score (nSPS) is 14.6. The number of hydrogen-bond acceptors (Lipinski definition) is 3. The molecule has 0 saturated carbocycles. The molecule has 0 amide bonds. The van der Waals surface area contributed by atoms with Crippen LogP contribution >= 0.6 is 22.7 Å². The lowest BCUT2D eigenvalue weighted by Gasteiger charge is -2.43. The van der Waals surface area contributed by atoms with E-state index in [4.69, 9.17) is 0 Å². The van der Waals surface area contributed by atoms with E-state index in [1.807, 2.05) is 22.7 Å². The Kier molecular flexibility index (Phi) is 5.87. The Balaban J connectivity index is 1.18. The van der Waals surface area contributed by atoms with E-state index in [2.05, 4.69) is 187 Å². The number of anilines is 3. The molecule has 2 aliphatic heterocycles. The highest BCUT2D eigenvalue weighted by Gasteiger charge is 2.49. The topological polar surface area (TPSA) is 8.17 Å². The molecule has 0 fully saturated rings. The predicted molar refractivity (Wildman–Crippen MR) is 261 cm³/mol. The number of para-hydroxylation sites is 1. The molecule has 0 bridgehead atoms. The Morgan fingerprint density at radius 1 is 0.467 bits per heavy atom. The zero-order valence-corrected chi connectivity index (χ0v) is 34.5. The van der Waals surface area contributed by atoms with Crippen LogP contribution in [0.4, 0.5) is 17.1 Å². The monoisotopic (exact) mass is 796 g/mol. The summed E-state index contributed by atoms with van der Waals surface area (Å²) in [6, 6.07) is 62.8. The second-order valence-corrected chi connectivity index (χ2v) is 19.7. The van der Waals surface area contributed by atoms with Gasteiger partial charge in [-0.1, -0.05) is 129 Å². The zero-order valence-electron chi connectivity index (χ0n) is 32.9. The fraction of sp³-hybridized carbons (Fsp3) is 0.0545. The number of rotatable bonds is 1. The number of fused-ring (bicyclic) bond motifs is 19. The standard InChI is InChI=1S/C55H33BN2S2/c1-55(2)43-19-8-5-14-33(43)41-27-42-37-18-11-17-36-38-24-22-30-12-3-4-13-32(30)52(38)58(53(36)37)56-44-29-49-40(35-16-7-10-21-47(35)60-49)28-45(44)57(54(50(41)55)51(42)56)31-23-25-48-39(26-31)34-15-6-9-20-46(34)59-48/h3-29H,1-2H3. The van der Waals surface area contributed by atoms with E-state index < -0.39 is 0 Å². The summed E-state index contributed by atoms with van der Waals surface area (Å²) in [5.41, 5.74) is 17.2. The molecule has 0 atom stereocenters. The Morgan fingerprint density at radius 2 is 1.13 bits per heavy atom. The molecule has 278 valence electrons.